The van der Waals surface area contributed by atoms with Crippen LogP contribution in [0, 0.1) is 11.8 Å². The molecule has 0 aliphatic carbocycles. The second kappa shape index (κ2) is 7.87. The van der Waals surface area contributed by atoms with Crippen LogP contribution in [0.5, 0.6) is 0 Å². The molecule has 3 aliphatic heterocycles. The van der Waals surface area contributed by atoms with Crippen LogP contribution in [0.4, 0.5) is 18.9 Å². The van der Waals surface area contributed by atoms with Crippen molar-refractivity contribution < 1.29 is 27.6 Å². The Morgan fingerprint density at radius 3 is 2.19 bits per heavy atom. The molecule has 2 saturated heterocycles. The lowest BCUT2D eigenvalue weighted by Gasteiger charge is -2.34. The fraction of sp³-hybridized carbons (Fsp3) is 0.185. The molecular weight excluding hydrogens is 471 g/mol. The van der Waals surface area contributed by atoms with Crippen molar-refractivity contribution in [2.75, 3.05) is 4.90 Å². The number of carbonyl (C=O) groups is 3. The number of halogens is 3. The van der Waals surface area contributed by atoms with Crippen LogP contribution in [0.2, 0.25) is 0 Å². The predicted molar refractivity (Wildman–Crippen MR) is 124 cm³/mol. The first-order valence-electron chi connectivity index (χ1n) is 11.3. The fourth-order valence-electron chi connectivity index (χ4n) is 5.59. The summed E-state index contributed by atoms with van der Waals surface area (Å²) < 4.78 is 41.4. The summed E-state index contributed by atoms with van der Waals surface area (Å²) in [5, 5.41) is 5.93. The zero-order valence-electron chi connectivity index (χ0n) is 18.6. The Kier molecular flexibility index (Phi) is 4.86. The van der Waals surface area contributed by atoms with Crippen LogP contribution in [0.1, 0.15) is 33.1 Å². The minimum Gasteiger partial charge on any atom is -0.292 e. The van der Waals surface area contributed by atoms with Gasteiger partial charge in [-0.1, -0.05) is 66.7 Å². The zero-order valence-corrected chi connectivity index (χ0v) is 18.6. The highest BCUT2D eigenvalue weighted by Crippen LogP contribution is 2.54. The van der Waals surface area contributed by atoms with Crippen molar-refractivity contribution in [3.63, 3.8) is 0 Å². The standard InChI is InChI=1S/C27H18F3N3O3/c28-27(29,30)18-12-6-7-13-19(18)32-25(35)20-21(26(32)36)23(24(34)15-8-2-1-3-9-15)33-22(20)17-11-5-4-10-16(17)14-31-33/h1-14,20-23H. The summed E-state index contributed by atoms with van der Waals surface area (Å²) in [7, 11) is 0. The monoisotopic (exact) mass is 489 g/mol. The zero-order chi connectivity index (χ0) is 25.2. The molecule has 0 saturated carbocycles. The molecule has 3 heterocycles. The van der Waals surface area contributed by atoms with E-state index in [1.54, 1.807) is 60.8 Å². The van der Waals surface area contributed by atoms with Crippen LogP contribution in [0.25, 0.3) is 0 Å². The van der Waals surface area contributed by atoms with E-state index in [1.165, 1.54) is 17.1 Å². The Hall–Kier alpha value is -4.27. The SMILES string of the molecule is O=C(c1ccccc1)C1C2C(=O)N(c3ccccc3C(F)(F)F)C(=O)C2C2c3ccccc3C=NN12. The minimum atomic E-state index is -4.78. The van der Waals surface area contributed by atoms with Crippen LogP contribution in [-0.4, -0.2) is 34.9 Å². The fourth-order valence-corrected chi connectivity index (χ4v) is 5.59. The lowest BCUT2D eigenvalue weighted by atomic mass is 9.83. The number of benzene rings is 3. The summed E-state index contributed by atoms with van der Waals surface area (Å²) in [6.07, 6.45) is -3.20. The van der Waals surface area contributed by atoms with Gasteiger partial charge in [0.05, 0.1) is 35.3 Å². The minimum absolute atomic E-state index is 0.324. The highest BCUT2D eigenvalue weighted by atomic mass is 19.4. The largest absolute Gasteiger partial charge is 0.418 e. The molecule has 0 aromatic heterocycles. The van der Waals surface area contributed by atoms with Gasteiger partial charge in [-0.3, -0.25) is 19.4 Å². The molecule has 0 radical (unpaired) electrons. The summed E-state index contributed by atoms with van der Waals surface area (Å²) in [6.45, 7) is 0. The van der Waals surface area contributed by atoms with Crippen LogP contribution in [-0.2, 0) is 15.8 Å². The summed E-state index contributed by atoms with van der Waals surface area (Å²) in [6, 6.07) is 18.0. The number of nitrogens with zero attached hydrogens (tertiary/aromatic N) is 3. The third-order valence-electron chi connectivity index (χ3n) is 7.07. The summed E-state index contributed by atoms with van der Waals surface area (Å²) in [5.41, 5.74) is 0.124. The van der Waals surface area contributed by atoms with Crippen LogP contribution >= 0.6 is 0 Å². The number of para-hydroxylation sites is 1. The average molecular weight is 489 g/mol. The highest BCUT2D eigenvalue weighted by molar-refractivity contribution is 6.25. The van der Waals surface area contributed by atoms with Gasteiger partial charge in [-0.25, -0.2) is 4.90 Å². The molecule has 4 atom stereocenters. The van der Waals surface area contributed by atoms with E-state index >= 15 is 0 Å². The van der Waals surface area contributed by atoms with Gasteiger partial charge >= 0.3 is 6.18 Å². The molecule has 180 valence electrons. The number of hydrogen-bond donors (Lipinski definition) is 0. The van der Waals surface area contributed by atoms with Gasteiger partial charge in [-0.05, 0) is 23.3 Å². The molecular formula is C27H18F3N3O3. The lowest BCUT2D eigenvalue weighted by Crippen LogP contribution is -2.45. The molecule has 0 bridgehead atoms. The van der Waals surface area contributed by atoms with Crippen molar-refractivity contribution in [3.8, 4) is 0 Å². The molecule has 36 heavy (non-hydrogen) atoms. The maximum atomic E-state index is 13.8. The molecule has 3 aromatic carbocycles. The maximum absolute atomic E-state index is 13.8. The first-order valence-corrected chi connectivity index (χ1v) is 11.3. The van der Waals surface area contributed by atoms with Crippen LogP contribution in [0.15, 0.2) is 84.0 Å². The quantitative estimate of drug-likeness (QED) is 0.402. The van der Waals surface area contributed by atoms with Gasteiger partial charge in [0, 0.05) is 5.56 Å². The van der Waals surface area contributed by atoms with Gasteiger partial charge in [0.25, 0.3) is 0 Å². The van der Waals surface area contributed by atoms with Gasteiger partial charge in [0.2, 0.25) is 11.8 Å². The summed E-state index contributed by atoms with van der Waals surface area (Å²) >= 11 is 0. The summed E-state index contributed by atoms with van der Waals surface area (Å²) in [4.78, 5) is 41.9. The van der Waals surface area contributed by atoms with Crippen molar-refractivity contribution in [2.24, 2.45) is 16.9 Å². The Labute approximate surface area is 203 Å². The topological polar surface area (TPSA) is 70.0 Å². The second-order valence-corrected chi connectivity index (χ2v) is 8.95. The van der Waals surface area contributed by atoms with E-state index in [1.807, 2.05) is 0 Å². The van der Waals surface area contributed by atoms with E-state index in [-0.39, 0.29) is 0 Å². The third-order valence-corrected chi connectivity index (χ3v) is 7.07. The molecule has 9 heteroatoms. The number of carbonyl (C=O) groups excluding carboxylic acids is 3. The normalized spacial score (nSPS) is 24.5. The van der Waals surface area contributed by atoms with E-state index in [0.29, 0.717) is 16.0 Å². The Morgan fingerprint density at radius 2 is 1.44 bits per heavy atom. The van der Waals surface area contributed by atoms with E-state index in [2.05, 4.69) is 5.10 Å². The van der Waals surface area contributed by atoms with Crippen molar-refractivity contribution in [2.45, 2.75) is 18.3 Å². The van der Waals surface area contributed by atoms with Crippen molar-refractivity contribution in [1.82, 2.24) is 5.01 Å². The Bertz CT molecular complexity index is 1440. The lowest BCUT2D eigenvalue weighted by molar-refractivity contribution is -0.137. The van der Waals surface area contributed by atoms with Crippen molar-refractivity contribution >= 4 is 29.5 Å². The molecule has 6 nitrogen and oxygen atoms in total. The molecule has 3 aromatic rings. The first kappa shape index (κ1) is 22.2. The van der Waals surface area contributed by atoms with Gasteiger partial charge in [0.1, 0.15) is 6.04 Å². The number of fused-ring (bicyclic) bond motifs is 5. The first-order chi connectivity index (χ1) is 17.3. The number of hydrazone groups is 1. The number of amides is 2. The van der Waals surface area contributed by atoms with Gasteiger partial charge in [-0.2, -0.15) is 18.3 Å². The molecule has 0 spiro atoms. The van der Waals surface area contributed by atoms with E-state index < -0.39 is 58.9 Å². The molecule has 6 rings (SSSR count). The van der Waals surface area contributed by atoms with Crippen molar-refractivity contribution in [3.05, 3.63) is 101 Å². The number of rotatable bonds is 3. The second-order valence-electron chi connectivity index (χ2n) is 8.95. The molecule has 0 N–H and O–H groups in total. The molecule has 2 fully saturated rings. The number of ketones is 1. The van der Waals surface area contributed by atoms with E-state index in [4.69, 9.17) is 0 Å². The smallest absolute Gasteiger partial charge is 0.292 e. The maximum Gasteiger partial charge on any atom is 0.418 e. The third kappa shape index (κ3) is 3.12. The Balaban J connectivity index is 1.52. The summed E-state index contributed by atoms with van der Waals surface area (Å²) in [5.74, 6) is -4.29. The predicted octanol–water partition coefficient (Wildman–Crippen LogP) is 4.47. The Morgan fingerprint density at radius 1 is 0.806 bits per heavy atom. The van der Waals surface area contributed by atoms with Crippen molar-refractivity contribution in [1.29, 1.82) is 0 Å². The molecule has 3 aliphatic rings. The van der Waals surface area contributed by atoms with Gasteiger partial charge < -0.3 is 0 Å². The molecule has 2 amide bonds. The number of alkyl halides is 3. The van der Waals surface area contributed by atoms with Crippen LogP contribution in [0.3, 0.4) is 0 Å². The highest BCUT2D eigenvalue weighted by Gasteiger charge is 2.65. The number of anilines is 1. The number of Topliss-reactive ketones (excluding diaryl/α,β-unsaturated/α-hetero) is 1. The van der Waals surface area contributed by atoms with E-state index in [0.717, 1.165) is 17.7 Å². The van der Waals surface area contributed by atoms with Crippen LogP contribution < -0.4 is 4.90 Å². The number of imide groups is 1. The van der Waals surface area contributed by atoms with E-state index in [9.17, 15) is 27.6 Å². The van der Waals surface area contributed by atoms with Gasteiger partial charge in [-0.15, -0.1) is 0 Å². The average Bonchev–Trinajstić information content (AvgIpc) is 3.36. The number of hydrogen-bond acceptors (Lipinski definition) is 5. The molecule has 4 unspecified atom stereocenters. The van der Waals surface area contributed by atoms with Gasteiger partial charge in [0.15, 0.2) is 5.78 Å².